The standard InChI is InChI=1S/C25H43NO4/c1-5-6-14(2)17-9-10-18-16-8-7-15-12-25(30,22(28)29)13-20(26)23(15,3)19(16)11-21(27)24(17,18)4/h14-21,27,30H,5-13,26H2,1-4H3,(H,28,29)/t14-,15-,16+,17-,18+,19+,20?,21+,23+,24-,25-/m1/s1. The lowest BCUT2D eigenvalue weighted by atomic mass is 9.42. The van der Waals surface area contributed by atoms with Crippen molar-refractivity contribution in [3.8, 4) is 0 Å². The van der Waals surface area contributed by atoms with Crippen molar-refractivity contribution in [1.29, 1.82) is 0 Å². The monoisotopic (exact) mass is 421 g/mol. The van der Waals surface area contributed by atoms with E-state index < -0.39 is 11.6 Å². The number of hydrogen-bond acceptors (Lipinski definition) is 4. The molecule has 4 aliphatic rings. The van der Waals surface area contributed by atoms with Crippen LogP contribution in [-0.4, -0.2) is 39.0 Å². The van der Waals surface area contributed by atoms with Crippen LogP contribution >= 0.6 is 0 Å². The number of carbonyl (C=O) groups is 1. The third kappa shape index (κ3) is 2.94. The van der Waals surface area contributed by atoms with Crippen LogP contribution < -0.4 is 5.73 Å². The zero-order chi connectivity index (χ0) is 22.1. The number of aliphatic carboxylic acids is 1. The normalized spacial score (nSPS) is 54.0. The Hall–Kier alpha value is -0.650. The van der Waals surface area contributed by atoms with E-state index in [0.29, 0.717) is 36.0 Å². The molecule has 0 amide bonds. The Morgan fingerprint density at radius 1 is 1.10 bits per heavy atom. The number of aliphatic hydroxyl groups is 2. The third-order valence-corrected chi connectivity index (χ3v) is 10.9. The van der Waals surface area contributed by atoms with E-state index in [-0.39, 0.29) is 35.3 Å². The summed E-state index contributed by atoms with van der Waals surface area (Å²) in [7, 11) is 0. The molecule has 0 aromatic heterocycles. The molecule has 5 N–H and O–H groups in total. The van der Waals surface area contributed by atoms with Crippen LogP contribution in [0.2, 0.25) is 0 Å². The van der Waals surface area contributed by atoms with Crippen molar-refractivity contribution >= 4 is 5.97 Å². The van der Waals surface area contributed by atoms with Gasteiger partial charge in [0.25, 0.3) is 0 Å². The molecule has 4 fully saturated rings. The van der Waals surface area contributed by atoms with E-state index in [1.165, 1.54) is 25.7 Å². The second-order valence-electron chi connectivity index (χ2n) is 11.9. The fraction of sp³-hybridized carbons (Fsp3) is 0.960. The van der Waals surface area contributed by atoms with Gasteiger partial charge in [0.05, 0.1) is 6.10 Å². The zero-order valence-electron chi connectivity index (χ0n) is 19.3. The molecule has 11 atom stereocenters. The minimum atomic E-state index is -1.70. The molecule has 0 heterocycles. The highest BCUT2D eigenvalue weighted by Crippen LogP contribution is 2.68. The maximum atomic E-state index is 11.7. The van der Waals surface area contributed by atoms with Gasteiger partial charge < -0.3 is 21.1 Å². The Labute approximate surface area is 181 Å². The Bertz CT molecular complexity index is 684. The Morgan fingerprint density at radius 2 is 1.80 bits per heavy atom. The lowest BCUT2D eigenvalue weighted by Gasteiger charge is -2.64. The van der Waals surface area contributed by atoms with Gasteiger partial charge in [0.1, 0.15) is 0 Å². The fourth-order valence-electron chi connectivity index (χ4n) is 9.20. The van der Waals surface area contributed by atoms with Gasteiger partial charge in [-0.1, -0.05) is 40.5 Å². The minimum Gasteiger partial charge on any atom is -0.479 e. The molecular formula is C25H43NO4. The topological polar surface area (TPSA) is 104 Å². The lowest BCUT2D eigenvalue weighted by molar-refractivity contribution is -0.200. The first-order chi connectivity index (χ1) is 14.0. The summed E-state index contributed by atoms with van der Waals surface area (Å²) in [5, 5.41) is 31.9. The van der Waals surface area contributed by atoms with Crippen molar-refractivity contribution in [2.75, 3.05) is 0 Å². The highest BCUT2D eigenvalue weighted by atomic mass is 16.4. The molecule has 4 aliphatic carbocycles. The molecule has 172 valence electrons. The van der Waals surface area contributed by atoms with Gasteiger partial charge in [-0.15, -0.1) is 0 Å². The van der Waals surface area contributed by atoms with Gasteiger partial charge >= 0.3 is 5.97 Å². The summed E-state index contributed by atoms with van der Waals surface area (Å²) in [6.45, 7) is 9.23. The molecular weight excluding hydrogens is 378 g/mol. The molecule has 4 rings (SSSR count). The highest BCUT2D eigenvalue weighted by molar-refractivity contribution is 5.77. The molecule has 5 heteroatoms. The summed E-state index contributed by atoms with van der Waals surface area (Å²) in [6, 6.07) is -0.349. The molecule has 0 bridgehead atoms. The predicted octanol–water partition coefficient (Wildman–Crippen LogP) is 3.81. The van der Waals surface area contributed by atoms with Gasteiger partial charge in [-0.2, -0.15) is 0 Å². The first kappa shape index (κ1) is 22.5. The van der Waals surface area contributed by atoms with Crippen molar-refractivity contribution in [2.45, 2.75) is 103 Å². The van der Waals surface area contributed by atoms with Crippen LogP contribution in [-0.2, 0) is 4.79 Å². The number of fused-ring (bicyclic) bond motifs is 5. The smallest absolute Gasteiger partial charge is 0.335 e. The molecule has 0 saturated heterocycles. The Morgan fingerprint density at radius 3 is 2.43 bits per heavy atom. The van der Waals surface area contributed by atoms with Crippen molar-refractivity contribution in [3.05, 3.63) is 0 Å². The summed E-state index contributed by atoms with van der Waals surface area (Å²) in [4.78, 5) is 11.7. The summed E-state index contributed by atoms with van der Waals surface area (Å²) in [5.41, 5.74) is 4.74. The molecule has 0 aliphatic heterocycles. The van der Waals surface area contributed by atoms with Crippen LogP contribution in [0.3, 0.4) is 0 Å². The van der Waals surface area contributed by atoms with Crippen LogP contribution in [0.15, 0.2) is 0 Å². The second kappa shape index (κ2) is 7.45. The predicted molar refractivity (Wildman–Crippen MR) is 117 cm³/mol. The molecule has 0 radical (unpaired) electrons. The van der Waals surface area contributed by atoms with Crippen molar-refractivity contribution in [1.82, 2.24) is 0 Å². The number of nitrogens with two attached hydrogens (primary N) is 1. The second-order valence-corrected chi connectivity index (χ2v) is 11.9. The summed E-state index contributed by atoms with van der Waals surface area (Å²) in [5.74, 6) is 1.60. The number of aliphatic hydroxyl groups excluding tert-OH is 1. The first-order valence-corrected chi connectivity index (χ1v) is 12.4. The van der Waals surface area contributed by atoms with Crippen molar-refractivity contribution < 1.29 is 20.1 Å². The molecule has 0 aromatic rings. The Balaban J connectivity index is 1.64. The quantitative estimate of drug-likeness (QED) is 0.553. The average molecular weight is 422 g/mol. The van der Waals surface area contributed by atoms with Gasteiger partial charge in [0.15, 0.2) is 5.60 Å². The van der Waals surface area contributed by atoms with E-state index in [0.717, 1.165) is 19.3 Å². The van der Waals surface area contributed by atoms with E-state index in [4.69, 9.17) is 5.73 Å². The zero-order valence-corrected chi connectivity index (χ0v) is 19.3. The van der Waals surface area contributed by atoms with Gasteiger partial charge in [-0.3, -0.25) is 0 Å². The van der Waals surface area contributed by atoms with Gasteiger partial charge in [0, 0.05) is 12.5 Å². The highest BCUT2D eigenvalue weighted by Gasteiger charge is 2.66. The number of carboxylic acids is 1. The number of carboxylic acid groups (broad SMARTS) is 1. The largest absolute Gasteiger partial charge is 0.479 e. The third-order valence-electron chi connectivity index (χ3n) is 10.9. The van der Waals surface area contributed by atoms with Gasteiger partial charge in [0.2, 0.25) is 0 Å². The van der Waals surface area contributed by atoms with Gasteiger partial charge in [-0.25, -0.2) is 4.79 Å². The number of rotatable bonds is 4. The first-order valence-electron chi connectivity index (χ1n) is 12.4. The molecule has 0 spiro atoms. The van der Waals surface area contributed by atoms with E-state index in [1.807, 2.05) is 0 Å². The lowest BCUT2D eigenvalue weighted by Crippen LogP contribution is -2.66. The Kier molecular flexibility index (Phi) is 5.60. The van der Waals surface area contributed by atoms with E-state index in [1.54, 1.807) is 0 Å². The molecule has 0 aromatic carbocycles. The van der Waals surface area contributed by atoms with Gasteiger partial charge in [-0.05, 0) is 84.9 Å². The van der Waals surface area contributed by atoms with E-state index in [2.05, 4.69) is 27.7 Å². The van der Waals surface area contributed by atoms with Crippen LogP contribution in [0.25, 0.3) is 0 Å². The summed E-state index contributed by atoms with van der Waals surface area (Å²) in [6.07, 6.45) is 7.73. The molecule has 4 saturated carbocycles. The van der Waals surface area contributed by atoms with E-state index >= 15 is 0 Å². The SMILES string of the molecule is CCC[C@@H](C)[C@H]1CC[C@H]2[C@@H]3CC[C@@H]4C[C@](O)(C(=O)O)CC(N)[C@]4(C)[C@H]3C[C@H](O)[C@]12C. The van der Waals surface area contributed by atoms with Crippen LogP contribution in [0, 0.1) is 46.3 Å². The number of hydrogen-bond donors (Lipinski definition) is 4. The average Bonchev–Trinajstić information content (AvgIpc) is 3.03. The van der Waals surface area contributed by atoms with Crippen LogP contribution in [0.5, 0.6) is 0 Å². The van der Waals surface area contributed by atoms with Crippen LogP contribution in [0.4, 0.5) is 0 Å². The van der Waals surface area contributed by atoms with Crippen molar-refractivity contribution in [3.63, 3.8) is 0 Å². The minimum absolute atomic E-state index is 0.0144. The van der Waals surface area contributed by atoms with Crippen LogP contribution in [0.1, 0.15) is 85.5 Å². The summed E-state index contributed by atoms with van der Waals surface area (Å²) >= 11 is 0. The van der Waals surface area contributed by atoms with E-state index in [9.17, 15) is 20.1 Å². The maximum Gasteiger partial charge on any atom is 0.335 e. The van der Waals surface area contributed by atoms with Crippen molar-refractivity contribution in [2.24, 2.45) is 52.1 Å². The fourth-order valence-corrected chi connectivity index (χ4v) is 9.20. The summed E-state index contributed by atoms with van der Waals surface area (Å²) < 4.78 is 0. The molecule has 1 unspecified atom stereocenters. The molecule has 5 nitrogen and oxygen atoms in total. The molecule has 30 heavy (non-hydrogen) atoms. The maximum absolute atomic E-state index is 11.7.